The van der Waals surface area contributed by atoms with Crippen LogP contribution in [0.15, 0.2) is 66.0 Å². The van der Waals surface area contributed by atoms with Crippen molar-refractivity contribution in [1.29, 1.82) is 0 Å². The first-order chi connectivity index (χ1) is 14.9. The molecule has 0 aliphatic carbocycles. The van der Waals surface area contributed by atoms with Crippen LogP contribution in [0.3, 0.4) is 0 Å². The Bertz CT molecular complexity index is 1120. The first kappa shape index (κ1) is 21.1. The number of benzene rings is 2. The molecule has 1 saturated heterocycles. The molecule has 3 aromatic rings. The first-order valence-corrected chi connectivity index (χ1v) is 11.0. The van der Waals surface area contributed by atoms with Gasteiger partial charge < -0.3 is 10.2 Å². The second-order valence-electron chi connectivity index (χ2n) is 7.28. The fourth-order valence-electron chi connectivity index (χ4n) is 3.51. The van der Waals surface area contributed by atoms with Gasteiger partial charge in [0.05, 0.1) is 18.7 Å². The number of hydrogen-bond donors (Lipinski definition) is 1. The average Bonchev–Trinajstić information content (AvgIpc) is 3.32. The molecule has 0 spiro atoms. The van der Waals surface area contributed by atoms with Crippen molar-refractivity contribution >= 4 is 52.2 Å². The van der Waals surface area contributed by atoms with Gasteiger partial charge in [-0.15, -0.1) is 11.3 Å². The number of halogens is 1. The molecule has 4 amide bonds. The second-order valence-corrected chi connectivity index (χ2v) is 8.75. The molecular formula is C23H20ClN3O3S. The molecule has 1 atom stereocenters. The van der Waals surface area contributed by atoms with Crippen LogP contribution in [0, 0.1) is 6.92 Å². The van der Waals surface area contributed by atoms with Crippen LogP contribution in [0.25, 0.3) is 0 Å². The van der Waals surface area contributed by atoms with Crippen LogP contribution in [-0.2, 0) is 16.1 Å². The molecule has 0 bridgehead atoms. The third-order valence-electron chi connectivity index (χ3n) is 4.99. The molecule has 2 heterocycles. The van der Waals surface area contributed by atoms with E-state index in [1.165, 1.54) is 21.1 Å². The fraction of sp³-hybridized carbons (Fsp3) is 0.174. The first-order valence-electron chi connectivity index (χ1n) is 9.71. The lowest BCUT2D eigenvalue weighted by atomic mass is 10.1. The normalized spacial score (nSPS) is 16.1. The Balaban J connectivity index is 1.59. The predicted molar refractivity (Wildman–Crippen MR) is 122 cm³/mol. The molecule has 0 saturated carbocycles. The summed E-state index contributed by atoms with van der Waals surface area (Å²) in [6.45, 7) is 2.17. The number of carbonyl (C=O) groups excluding carboxylic acids is 3. The van der Waals surface area contributed by atoms with E-state index >= 15 is 0 Å². The van der Waals surface area contributed by atoms with Crippen molar-refractivity contribution in [1.82, 2.24) is 4.90 Å². The van der Waals surface area contributed by atoms with E-state index in [0.717, 1.165) is 10.4 Å². The molecule has 1 aliphatic heterocycles. The monoisotopic (exact) mass is 453 g/mol. The zero-order valence-corrected chi connectivity index (χ0v) is 18.3. The molecule has 2 aromatic carbocycles. The maximum Gasteiger partial charge on any atom is 0.332 e. The van der Waals surface area contributed by atoms with E-state index in [2.05, 4.69) is 5.32 Å². The van der Waals surface area contributed by atoms with Gasteiger partial charge in [-0.1, -0.05) is 29.8 Å². The summed E-state index contributed by atoms with van der Waals surface area (Å²) in [6.07, 6.45) is -0.138. The van der Waals surface area contributed by atoms with Crippen molar-refractivity contribution in [3.63, 3.8) is 0 Å². The number of urea groups is 1. The van der Waals surface area contributed by atoms with Crippen molar-refractivity contribution in [2.45, 2.75) is 25.9 Å². The zero-order chi connectivity index (χ0) is 22.0. The summed E-state index contributed by atoms with van der Waals surface area (Å²) in [5, 5.41) is 5.25. The highest BCUT2D eigenvalue weighted by molar-refractivity contribution is 7.09. The van der Waals surface area contributed by atoms with E-state index in [0.29, 0.717) is 16.4 Å². The number of hydrogen-bond acceptors (Lipinski definition) is 4. The average molecular weight is 454 g/mol. The zero-order valence-electron chi connectivity index (χ0n) is 16.7. The van der Waals surface area contributed by atoms with Crippen LogP contribution < -0.4 is 10.2 Å². The van der Waals surface area contributed by atoms with E-state index in [9.17, 15) is 14.4 Å². The van der Waals surface area contributed by atoms with Crippen molar-refractivity contribution in [2.75, 3.05) is 10.2 Å². The van der Waals surface area contributed by atoms with Crippen molar-refractivity contribution in [2.24, 2.45) is 0 Å². The molecule has 1 fully saturated rings. The number of rotatable bonds is 6. The van der Waals surface area contributed by atoms with E-state index < -0.39 is 18.0 Å². The summed E-state index contributed by atoms with van der Waals surface area (Å²) in [6, 6.07) is 16.4. The van der Waals surface area contributed by atoms with Gasteiger partial charge >= 0.3 is 6.03 Å². The molecule has 1 N–H and O–H groups in total. The van der Waals surface area contributed by atoms with Gasteiger partial charge in [-0.3, -0.25) is 9.59 Å². The summed E-state index contributed by atoms with van der Waals surface area (Å²) >= 11 is 7.39. The molecular weight excluding hydrogens is 434 g/mol. The van der Waals surface area contributed by atoms with Crippen molar-refractivity contribution in [3.05, 3.63) is 81.5 Å². The number of imide groups is 1. The summed E-state index contributed by atoms with van der Waals surface area (Å²) in [4.78, 5) is 42.8. The largest absolute Gasteiger partial charge is 0.332 e. The molecule has 8 heteroatoms. The number of amides is 4. The molecule has 1 aliphatic rings. The van der Waals surface area contributed by atoms with Gasteiger partial charge in [0.2, 0.25) is 5.91 Å². The van der Waals surface area contributed by atoms with Gasteiger partial charge in [0.1, 0.15) is 6.04 Å². The van der Waals surface area contributed by atoms with Crippen LogP contribution >= 0.6 is 22.9 Å². The molecule has 31 heavy (non-hydrogen) atoms. The quantitative estimate of drug-likeness (QED) is 0.529. The van der Waals surface area contributed by atoms with Gasteiger partial charge in [0.15, 0.2) is 0 Å². The number of aryl methyl sites for hydroxylation is 1. The molecule has 1 aromatic heterocycles. The lowest BCUT2D eigenvalue weighted by Gasteiger charge is -2.21. The Hall–Kier alpha value is -3.16. The van der Waals surface area contributed by atoms with Gasteiger partial charge in [0.25, 0.3) is 5.91 Å². The standard InChI is InChI=1S/C23H20ClN3O3S/c1-15-4-2-5-18(12-15)27-22(29)20(26(23(27)30)14-19-6-3-11-31-19)13-21(28)25-17-9-7-16(24)8-10-17/h2-12,20H,13-14H2,1H3,(H,25,28). The third kappa shape index (κ3) is 4.62. The molecule has 0 radical (unpaired) electrons. The number of thiophene rings is 1. The van der Waals surface area contributed by atoms with Gasteiger partial charge in [-0.05, 0) is 60.3 Å². The Morgan fingerprint density at radius 3 is 2.55 bits per heavy atom. The fourth-order valence-corrected chi connectivity index (χ4v) is 4.34. The van der Waals surface area contributed by atoms with E-state index in [1.807, 2.05) is 30.5 Å². The highest BCUT2D eigenvalue weighted by atomic mass is 35.5. The van der Waals surface area contributed by atoms with Crippen molar-refractivity contribution < 1.29 is 14.4 Å². The minimum absolute atomic E-state index is 0.138. The molecule has 4 rings (SSSR count). The van der Waals surface area contributed by atoms with E-state index in [1.54, 1.807) is 42.5 Å². The van der Waals surface area contributed by atoms with Crippen LogP contribution in [0.4, 0.5) is 16.2 Å². The summed E-state index contributed by atoms with van der Waals surface area (Å²) in [5.41, 5.74) is 2.02. The topological polar surface area (TPSA) is 69.7 Å². The minimum atomic E-state index is -0.887. The van der Waals surface area contributed by atoms with Crippen molar-refractivity contribution in [3.8, 4) is 0 Å². The third-order valence-corrected chi connectivity index (χ3v) is 6.10. The maximum absolute atomic E-state index is 13.3. The Kier molecular flexibility index (Phi) is 6.06. The second kappa shape index (κ2) is 8.91. The molecule has 158 valence electrons. The minimum Gasteiger partial charge on any atom is -0.326 e. The molecule has 6 nitrogen and oxygen atoms in total. The highest BCUT2D eigenvalue weighted by Gasteiger charge is 2.46. The van der Waals surface area contributed by atoms with Crippen LogP contribution in [0.5, 0.6) is 0 Å². The van der Waals surface area contributed by atoms with Gasteiger partial charge in [-0.2, -0.15) is 0 Å². The number of carbonyl (C=O) groups is 3. The summed E-state index contributed by atoms with van der Waals surface area (Å²) in [7, 11) is 0. The Labute approximate surface area is 189 Å². The molecule has 1 unspecified atom stereocenters. The Morgan fingerprint density at radius 2 is 1.87 bits per heavy atom. The summed E-state index contributed by atoms with van der Waals surface area (Å²) < 4.78 is 0. The number of nitrogens with zero attached hydrogens (tertiary/aromatic N) is 2. The number of anilines is 2. The van der Waals surface area contributed by atoms with E-state index in [4.69, 9.17) is 11.6 Å². The highest BCUT2D eigenvalue weighted by Crippen LogP contribution is 2.30. The predicted octanol–water partition coefficient (Wildman–Crippen LogP) is 5.08. The SMILES string of the molecule is Cc1cccc(N2C(=O)C(CC(=O)Nc3ccc(Cl)cc3)N(Cc3cccs3)C2=O)c1. The van der Waals surface area contributed by atoms with Crippen LogP contribution in [0.1, 0.15) is 16.9 Å². The number of nitrogens with one attached hydrogen (secondary N) is 1. The smallest absolute Gasteiger partial charge is 0.326 e. The van der Waals surface area contributed by atoms with E-state index in [-0.39, 0.29) is 18.9 Å². The lowest BCUT2D eigenvalue weighted by Crippen LogP contribution is -2.37. The van der Waals surface area contributed by atoms with Gasteiger partial charge in [-0.25, -0.2) is 9.69 Å². The Morgan fingerprint density at radius 1 is 1.10 bits per heavy atom. The van der Waals surface area contributed by atoms with Crippen LogP contribution in [0.2, 0.25) is 5.02 Å². The summed E-state index contributed by atoms with van der Waals surface area (Å²) in [5.74, 6) is -0.755. The maximum atomic E-state index is 13.3. The lowest BCUT2D eigenvalue weighted by molar-refractivity contribution is -0.124. The van der Waals surface area contributed by atoms with Gasteiger partial charge in [0, 0.05) is 15.6 Å². The van der Waals surface area contributed by atoms with Crippen LogP contribution in [-0.4, -0.2) is 28.8 Å².